The number of hydrogen-bond donors (Lipinski definition) is 0. The standard InChI is InChI=1S/C25H41I/c1-20-14-15-22(12-8-6-10-16-24(3,4)5)21(2)23(20)13-9-7-11-17-25(26)18-19-25/h14-15H,6-13,16-19H2,1-5H3. The van der Waals surface area contributed by atoms with Crippen molar-refractivity contribution in [3.8, 4) is 0 Å². The summed E-state index contributed by atoms with van der Waals surface area (Å²) in [5.74, 6) is 0. The van der Waals surface area contributed by atoms with Gasteiger partial charge in [0.15, 0.2) is 0 Å². The summed E-state index contributed by atoms with van der Waals surface area (Å²) in [5.41, 5.74) is 6.84. The van der Waals surface area contributed by atoms with Crippen LogP contribution in [0.3, 0.4) is 0 Å². The molecular formula is C25H41I. The first-order chi connectivity index (χ1) is 12.2. The van der Waals surface area contributed by atoms with Crippen LogP contribution in [0.1, 0.15) is 107 Å². The molecule has 0 amide bonds. The molecule has 0 aromatic heterocycles. The van der Waals surface area contributed by atoms with Crippen LogP contribution in [-0.2, 0) is 12.8 Å². The van der Waals surface area contributed by atoms with Crippen molar-refractivity contribution in [3.05, 3.63) is 34.4 Å². The summed E-state index contributed by atoms with van der Waals surface area (Å²) in [7, 11) is 0. The Bertz CT molecular complexity index is 560. The molecule has 1 aliphatic rings. The van der Waals surface area contributed by atoms with E-state index in [1.54, 1.807) is 16.7 Å². The van der Waals surface area contributed by atoms with Gasteiger partial charge in [0.1, 0.15) is 0 Å². The molecule has 0 N–H and O–H groups in total. The third-order valence-corrected chi connectivity index (χ3v) is 7.78. The van der Waals surface area contributed by atoms with Crippen molar-refractivity contribution in [1.82, 2.24) is 0 Å². The molecule has 26 heavy (non-hydrogen) atoms. The Kier molecular flexibility index (Phi) is 8.50. The number of benzene rings is 1. The summed E-state index contributed by atoms with van der Waals surface area (Å²) in [6.45, 7) is 11.7. The molecule has 1 fully saturated rings. The van der Waals surface area contributed by atoms with E-state index in [0.29, 0.717) is 8.84 Å². The number of rotatable bonds is 11. The maximum Gasteiger partial charge on any atom is 0.0223 e. The summed E-state index contributed by atoms with van der Waals surface area (Å²) in [6.07, 6.45) is 16.6. The second-order valence-electron chi connectivity index (χ2n) is 9.98. The van der Waals surface area contributed by atoms with Crippen LogP contribution < -0.4 is 0 Å². The largest absolute Gasteiger partial charge is 0.0789 e. The van der Waals surface area contributed by atoms with Gasteiger partial charge in [0.05, 0.1) is 0 Å². The van der Waals surface area contributed by atoms with Gasteiger partial charge in [-0.3, -0.25) is 0 Å². The first-order valence-corrected chi connectivity index (χ1v) is 12.0. The Morgan fingerprint density at radius 2 is 1.54 bits per heavy atom. The minimum atomic E-state index is 0.489. The number of alkyl halides is 1. The molecule has 1 aromatic rings. The van der Waals surface area contributed by atoms with Crippen molar-refractivity contribution in [3.63, 3.8) is 0 Å². The summed E-state index contributed by atoms with van der Waals surface area (Å²) >= 11 is 2.69. The maximum atomic E-state index is 2.69. The van der Waals surface area contributed by atoms with E-state index in [2.05, 4.69) is 69.3 Å². The Hall–Kier alpha value is -0.0500. The predicted molar refractivity (Wildman–Crippen MR) is 126 cm³/mol. The van der Waals surface area contributed by atoms with Crippen LogP contribution in [0.5, 0.6) is 0 Å². The summed E-state index contributed by atoms with van der Waals surface area (Å²) in [4.78, 5) is 0. The molecule has 0 spiro atoms. The second kappa shape index (κ2) is 9.94. The smallest absolute Gasteiger partial charge is 0.0223 e. The zero-order valence-electron chi connectivity index (χ0n) is 18.0. The van der Waals surface area contributed by atoms with E-state index in [1.807, 2.05) is 0 Å². The quantitative estimate of drug-likeness (QED) is 0.173. The minimum Gasteiger partial charge on any atom is -0.0789 e. The minimum absolute atomic E-state index is 0.489. The van der Waals surface area contributed by atoms with Crippen LogP contribution in [0, 0.1) is 19.3 Å². The molecule has 0 radical (unpaired) electrons. The molecule has 0 heterocycles. The van der Waals surface area contributed by atoms with E-state index in [1.165, 1.54) is 82.6 Å². The molecule has 0 unspecified atom stereocenters. The van der Waals surface area contributed by atoms with Crippen LogP contribution in [0.25, 0.3) is 0 Å². The van der Waals surface area contributed by atoms with E-state index >= 15 is 0 Å². The summed E-state index contributed by atoms with van der Waals surface area (Å²) in [6, 6.07) is 4.77. The molecule has 1 heteroatoms. The zero-order chi connectivity index (χ0) is 19.2. The van der Waals surface area contributed by atoms with Crippen molar-refractivity contribution >= 4 is 22.6 Å². The molecule has 0 nitrogen and oxygen atoms in total. The molecule has 2 rings (SSSR count). The van der Waals surface area contributed by atoms with Gasteiger partial charge in [-0.25, -0.2) is 0 Å². The lowest BCUT2D eigenvalue weighted by Gasteiger charge is -2.18. The Morgan fingerprint density at radius 1 is 0.885 bits per heavy atom. The van der Waals surface area contributed by atoms with Crippen LogP contribution in [0.4, 0.5) is 0 Å². The van der Waals surface area contributed by atoms with Gasteiger partial charge in [-0.15, -0.1) is 0 Å². The second-order valence-corrected chi connectivity index (χ2v) is 12.3. The average Bonchev–Trinajstić information content (AvgIpc) is 3.28. The Balaban J connectivity index is 1.75. The van der Waals surface area contributed by atoms with E-state index in [-0.39, 0.29) is 0 Å². The highest BCUT2D eigenvalue weighted by Gasteiger charge is 2.38. The highest BCUT2D eigenvalue weighted by atomic mass is 127. The highest BCUT2D eigenvalue weighted by molar-refractivity contribution is 14.1. The van der Waals surface area contributed by atoms with Crippen molar-refractivity contribution in [2.45, 2.75) is 115 Å². The van der Waals surface area contributed by atoms with E-state index in [9.17, 15) is 0 Å². The zero-order valence-corrected chi connectivity index (χ0v) is 20.2. The Labute approximate surface area is 177 Å². The van der Waals surface area contributed by atoms with Gasteiger partial charge in [0, 0.05) is 3.42 Å². The lowest BCUT2D eigenvalue weighted by molar-refractivity contribution is 0.358. The van der Waals surface area contributed by atoms with Gasteiger partial charge >= 0.3 is 0 Å². The first kappa shape index (κ1) is 22.2. The van der Waals surface area contributed by atoms with Crippen LogP contribution >= 0.6 is 22.6 Å². The highest BCUT2D eigenvalue weighted by Crippen LogP contribution is 2.49. The van der Waals surface area contributed by atoms with Crippen molar-refractivity contribution in [1.29, 1.82) is 0 Å². The van der Waals surface area contributed by atoms with Crippen molar-refractivity contribution in [2.24, 2.45) is 5.41 Å². The molecule has 0 aliphatic heterocycles. The molecule has 0 saturated heterocycles. The fraction of sp³-hybridized carbons (Fsp3) is 0.760. The monoisotopic (exact) mass is 468 g/mol. The lowest BCUT2D eigenvalue weighted by atomic mass is 9.88. The molecular weight excluding hydrogens is 427 g/mol. The average molecular weight is 469 g/mol. The van der Waals surface area contributed by atoms with Crippen LogP contribution in [0.2, 0.25) is 0 Å². The first-order valence-electron chi connectivity index (χ1n) is 11.0. The lowest BCUT2D eigenvalue weighted by Crippen LogP contribution is -2.04. The van der Waals surface area contributed by atoms with Crippen molar-refractivity contribution in [2.75, 3.05) is 0 Å². The topological polar surface area (TPSA) is 0 Å². The van der Waals surface area contributed by atoms with Gasteiger partial charge in [-0.05, 0) is 92.9 Å². The SMILES string of the molecule is Cc1ccc(CCCCCC(C)(C)C)c(C)c1CCCCCC1(I)CC1. The van der Waals surface area contributed by atoms with E-state index in [0.717, 1.165) is 0 Å². The molecule has 1 saturated carbocycles. The van der Waals surface area contributed by atoms with E-state index in [4.69, 9.17) is 0 Å². The van der Waals surface area contributed by atoms with E-state index < -0.39 is 0 Å². The number of hydrogen-bond acceptors (Lipinski definition) is 0. The fourth-order valence-electron chi connectivity index (χ4n) is 4.05. The Morgan fingerprint density at radius 3 is 2.19 bits per heavy atom. The predicted octanol–water partition coefficient (Wildman–Crippen LogP) is 8.52. The van der Waals surface area contributed by atoms with Gasteiger partial charge in [-0.1, -0.05) is 81.2 Å². The normalized spacial score (nSPS) is 16.1. The summed E-state index contributed by atoms with van der Waals surface area (Å²) in [5, 5.41) is 0. The van der Waals surface area contributed by atoms with Gasteiger partial charge < -0.3 is 0 Å². The summed E-state index contributed by atoms with van der Waals surface area (Å²) < 4.78 is 0.705. The maximum absolute atomic E-state index is 2.69. The molecule has 1 aromatic carbocycles. The van der Waals surface area contributed by atoms with Crippen LogP contribution in [-0.4, -0.2) is 3.42 Å². The molecule has 148 valence electrons. The van der Waals surface area contributed by atoms with Gasteiger partial charge in [0.25, 0.3) is 0 Å². The number of aryl methyl sites for hydroxylation is 2. The van der Waals surface area contributed by atoms with Gasteiger partial charge in [-0.2, -0.15) is 0 Å². The number of unbranched alkanes of at least 4 members (excludes halogenated alkanes) is 4. The molecule has 0 bridgehead atoms. The molecule has 0 atom stereocenters. The third-order valence-electron chi connectivity index (χ3n) is 6.16. The fourth-order valence-corrected chi connectivity index (χ4v) is 4.70. The third kappa shape index (κ3) is 7.90. The van der Waals surface area contributed by atoms with Gasteiger partial charge in [0.2, 0.25) is 0 Å². The molecule has 1 aliphatic carbocycles. The number of halogens is 1. The van der Waals surface area contributed by atoms with Crippen molar-refractivity contribution < 1.29 is 0 Å². The van der Waals surface area contributed by atoms with Crippen LogP contribution in [0.15, 0.2) is 12.1 Å².